The van der Waals surface area contributed by atoms with Gasteiger partial charge < -0.3 is 10.3 Å². The summed E-state index contributed by atoms with van der Waals surface area (Å²) >= 11 is 5.83. The molecule has 29 heavy (non-hydrogen) atoms. The molecule has 9 heteroatoms. The van der Waals surface area contributed by atoms with Gasteiger partial charge in [0.05, 0.1) is 23.0 Å². The minimum atomic E-state index is -0.576. The SMILES string of the molecule is Cn1cc(C(c2ccc(Cl)c(F)c2)n2ccc(-c3ccnc(N)n3)cc2=O)cn1. The molecule has 146 valence electrons. The van der Waals surface area contributed by atoms with Gasteiger partial charge in [-0.25, -0.2) is 14.4 Å². The third-order valence-electron chi connectivity index (χ3n) is 4.50. The minimum Gasteiger partial charge on any atom is -0.368 e. The van der Waals surface area contributed by atoms with Gasteiger partial charge in [-0.05, 0) is 29.8 Å². The molecule has 4 aromatic rings. The summed E-state index contributed by atoms with van der Waals surface area (Å²) in [6.45, 7) is 0. The van der Waals surface area contributed by atoms with Crippen LogP contribution in [-0.2, 0) is 7.05 Å². The molecule has 3 aromatic heterocycles. The second kappa shape index (κ2) is 7.48. The fraction of sp³-hybridized carbons (Fsp3) is 0.100. The van der Waals surface area contributed by atoms with E-state index in [1.54, 1.807) is 48.5 Å². The zero-order valence-electron chi connectivity index (χ0n) is 15.3. The van der Waals surface area contributed by atoms with Crippen LogP contribution < -0.4 is 11.3 Å². The average Bonchev–Trinajstić information content (AvgIpc) is 3.12. The number of hydrogen-bond acceptors (Lipinski definition) is 5. The summed E-state index contributed by atoms with van der Waals surface area (Å²) in [5.74, 6) is -0.434. The zero-order valence-corrected chi connectivity index (χ0v) is 16.1. The van der Waals surface area contributed by atoms with E-state index in [0.29, 0.717) is 16.8 Å². The molecular formula is C20H16ClFN6O. The maximum absolute atomic E-state index is 14.1. The summed E-state index contributed by atoms with van der Waals surface area (Å²) in [6.07, 6.45) is 6.59. The van der Waals surface area contributed by atoms with Crippen molar-refractivity contribution in [1.82, 2.24) is 24.3 Å². The first-order valence-corrected chi connectivity index (χ1v) is 9.05. The van der Waals surface area contributed by atoms with E-state index in [4.69, 9.17) is 17.3 Å². The fourth-order valence-corrected chi connectivity index (χ4v) is 3.29. The van der Waals surface area contributed by atoms with Crippen molar-refractivity contribution in [3.05, 3.63) is 93.5 Å². The highest BCUT2D eigenvalue weighted by Gasteiger charge is 2.21. The molecule has 3 heterocycles. The number of nitrogen functional groups attached to an aromatic ring is 1. The monoisotopic (exact) mass is 410 g/mol. The molecule has 1 atom stereocenters. The first-order chi connectivity index (χ1) is 13.9. The number of aryl methyl sites for hydroxylation is 1. The molecule has 0 saturated carbocycles. The van der Waals surface area contributed by atoms with Gasteiger partial charge >= 0.3 is 0 Å². The van der Waals surface area contributed by atoms with Crippen molar-refractivity contribution in [3.63, 3.8) is 0 Å². The van der Waals surface area contributed by atoms with E-state index < -0.39 is 11.9 Å². The van der Waals surface area contributed by atoms with Crippen molar-refractivity contribution < 1.29 is 4.39 Å². The Labute approximate surface area is 170 Å². The topological polar surface area (TPSA) is 91.6 Å². The van der Waals surface area contributed by atoms with Crippen LogP contribution in [0.5, 0.6) is 0 Å². The van der Waals surface area contributed by atoms with Gasteiger partial charge in [-0.1, -0.05) is 17.7 Å². The Hall–Kier alpha value is -3.52. The number of nitrogens with zero attached hydrogens (tertiary/aromatic N) is 5. The molecule has 0 aliphatic heterocycles. The number of aromatic nitrogens is 5. The lowest BCUT2D eigenvalue weighted by Gasteiger charge is -2.20. The highest BCUT2D eigenvalue weighted by atomic mass is 35.5. The molecule has 0 amide bonds. The van der Waals surface area contributed by atoms with E-state index in [9.17, 15) is 9.18 Å². The third-order valence-corrected chi connectivity index (χ3v) is 4.80. The first kappa shape index (κ1) is 18.8. The summed E-state index contributed by atoms with van der Waals surface area (Å²) < 4.78 is 17.3. The Bertz CT molecular complexity index is 1250. The Balaban J connectivity index is 1.84. The van der Waals surface area contributed by atoms with Gasteiger partial charge in [-0.2, -0.15) is 5.10 Å². The van der Waals surface area contributed by atoms with E-state index in [2.05, 4.69) is 15.1 Å². The lowest BCUT2D eigenvalue weighted by atomic mass is 10.0. The highest BCUT2D eigenvalue weighted by Crippen LogP contribution is 2.28. The van der Waals surface area contributed by atoms with Gasteiger partial charge in [-0.15, -0.1) is 0 Å². The molecule has 1 aromatic carbocycles. The van der Waals surface area contributed by atoms with Crippen molar-refractivity contribution in [3.8, 4) is 11.3 Å². The van der Waals surface area contributed by atoms with E-state index in [0.717, 1.165) is 5.56 Å². The largest absolute Gasteiger partial charge is 0.368 e. The number of halogens is 2. The standard InChI is InChI=1S/C20H16ClFN6O/c1-27-11-14(10-25-27)19(13-2-3-15(21)16(22)8-13)28-7-5-12(9-18(28)29)17-4-6-24-20(23)26-17/h2-11,19H,1H3,(H2,23,24,26). The van der Waals surface area contributed by atoms with Gasteiger partial charge in [0.15, 0.2) is 0 Å². The summed E-state index contributed by atoms with van der Waals surface area (Å²) in [6, 6.07) is 8.78. The van der Waals surface area contributed by atoms with Crippen LogP contribution in [0.3, 0.4) is 0 Å². The van der Waals surface area contributed by atoms with Crippen LogP contribution in [0, 0.1) is 5.82 Å². The highest BCUT2D eigenvalue weighted by molar-refractivity contribution is 6.30. The number of hydrogen-bond donors (Lipinski definition) is 1. The van der Waals surface area contributed by atoms with Gasteiger partial charge in [0.25, 0.3) is 5.56 Å². The zero-order chi connectivity index (χ0) is 20.5. The van der Waals surface area contributed by atoms with E-state index in [1.165, 1.54) is 29.0 Å². The Morgan fingerprint density at radius 2 is 2.00 bits per heavy atom. The first-order valence-electron chi connectivity index (χ1n) is 8.67. The van der Waals surface area contributed by atoms with Crippen molar-refractivity contribution >= 4 is 17.5 Å². The van der Waals surface area contributed by atoms with Crippen LogP contribution in [0.4, 0.5) is 10.3 Å². The number of benzene rings is 1. The lowest BCUT2D eigenvalue weighted by molar-refractivity contribution is 0.609. The summed E-state index contributed by atoms with van der Waals surface area (Å²) in [7, 11) is 1.77. The Morgan fingerprint density at radius 1 is 1.17 bits per heavy atom. The molecule has 0 saturated heterocycles. The average molecular weight is 411 g/mol. The Kier molecular flexibility index (Phi) is 4.85. The van der Waals surface area contributed by atoms with Gasteiger partial charge in [0.2, 0.25) is 5.95 Å². The minimum absolute atomic E-state index is 0.0164. The van der Waals surface area contributed by atoms with Gasteiger partial charge in [-0.3, -0.25) is 9.48 Å². The maximum atomic E-state index is 14.1. The van der Waals surface area contributed by atoms with Crippen LogP contribution in [0.15, 0.2) is 66.0 Å². The molecule has 1 unspecified atom stereocenters. The predicted octanol–water partition coefficient (Wildman–Crippen LogP) is 3.05. The molecule has 2 N–H and O–H groups in total. The number of pyridine rings is 1. The maximum Gasteiger partial charge on any atom is 0.252 e. The number of anilines is 1. The fourth-order valence-electron chi connectivity index (χ4n) is 3.17. The molecular weight excluding hydrogens is 395 g/mol. The van der Waals surface area contributed by atoms with Crippen LogP contribution in [0.2, 0.25) is 5.02 Å². The molecule has 0 aliphatic carbocycles. The van der Waals surface area contributed by atoms with E-state index >= 15 is 0 Å². The quantitative estimate of drug-likeness (QED) is 0.558. The van der Waals surface area contributed by atoms with Crippen molar-refractivity contribution in [2.75, 3.05) is 5.73 Å². The number of rotatable bonds is 4. The van der Waals surface area contributed by atoms with Crippen LogP contribution in [0.1, 0.15) is 17.2 Å². The smallest absolute Gasteiger partial charge is 0.252 e. The van der Waals surface area contributed by atoms with Crippen LogP contribution >= 0.6 is 11.6 Å². The van der Waals surface area contributed by atoms with Crippen molar-refractivity contribution in [1.29, 1.82) is 0 Å². The molecule has 0 aliphatic rings. The predicted molar refractivity (Wildman–Crippen MR) is 108 cm³/mol. The van der Waals surface area contributed by atoms with Gasteiger partial charge in [0, 0.05) is 42.8 Å². The second-order valence-corrected chi connectivity index (χ2v) is 6.89. The lowest BCUT2D eigenvalue weighted by Crippen LogP contribution is -2.25. The summed E-state index contributed by atoms with van der Waals surface area (Å²) in [4.78, 5) is 21.0. The van der Waals surface area contributed by atoms with Crippen molar-refractivity contribution in [2.24, 2.45) is 7.05 Å². The normalized spacial score (nSPS) is 12.1. The third kappa shape index (κ3) is 3.74. The molecule has 0 spiro atoms. The number of nitrogens with two attached hydrogens (primary N) is 1. The van der Waals surface area contributed by atoms with Gasteiger partial charge in [0.1, 0.15) is 5.82 Å². The van der Waals surface area contributed by atoms with Crippen LogP contribution in [0.25, 0.3) is 11.3 Å². The molecule has 0 radical (unpaired) electrons. The molecule has 4 rings (SSSR count). The molecule has 0 fully saturated rings. The second-order valence-electron chi connectivity index (χ2n) is 6.48. The molecule has 0 bridgehead atoms. The molecule has 7 nitrogen and oxygen atoms in total. The Morgan fingerprint density at radius 3 is 2.66 bits per heavy atom. The van der Waals surface area contributed by atoms with E-state index in [-0.39, 0.29) is 16.5 Å². The summed E-state index contributed by atoms with van der Waals surface area (Å²) in [5.41, 5.74) is 7.79. The van der Waals surface area contributed by atoms with Crippen molar-refractivity contribution in [2.45, 2.75) is 6.04 Å². The summed E-state index contributed by atoms with van der Waals surface area (Å²) in [5, 5.41) is 4.20. The van der Waals surface area contributed by atoms with E-state index in [1.807, 2.05) is 0 Å². The van der Waals surface area contributed by atoms with Crippen LogP contribution in [-0.4, -0.2) is 24.3 Å².